The lowest BCUT2D eigenvalue weighted by Crippen LogP contribution is -1.98. The zero-order valence-electron chi connectivity index (χ0n) is 9.27. The topological polar surface area (TPSA) is 27.1 Å². The Balaban J connectivity index is 2.23. The minimum atomic E-state index is 0.609. The van der Waals surface area contributed by atoms with Gasteiger partial charge in [-0.3, -0.25) is 4.57 Å². The van der Waals surface area contributed by atoms with Crippen molar-refractivity contribution in [3.05, 3.63) is 40.6 Å². The minimum absolute atomic E-state index is 0.609. The fraction of sp³-hybridized carbons (Fsp3) is 0.250. The summed E-state index contributed by atoms with van der Waals surface area (Å²) < 4.78 is 8.58. The van der Waals surface area contributed by atoms with Crippen LogP contribution in [0.5, 0.6) is 11.8 Å². The second-order valence-corrected chi connectivity index (χ2v) is 4.34. The van der Waals surface area contributed by atoms with Crippen LogP contribution in [0.1, 0.15) is 12.5 Å². The number of hydrogen-bond acceptors (Lipinski definition) is 2. The lowest BCUT2D eigenvalue weighted by molar-refractivity contribution is 0.413. The molecule has 1 heterocycles. The number of imidazole rings is 1. The van der Waals surface area contributed by atoms with E-state index in [0.717, 1.165) is 16.9 Å². The summed E-state index contributed by atoms with van der Waals surface area (Å²) in [6, 6.07) is 8.53. The van der Waals surface area contributed by atoms with Crippen molar-refractivity contribution in [3.8, 4) is 11.8 Å². The van der Waals surface area contributed by atoms with Crippen molar-refractivity contribution in [1.82, 2.24) is 9.55 Å². The molecule has 0 aliphatic rings. The highest BCUT2D eigenvalue weighted by atomic mass is 79.9. The van der Waals surface area contributed by atoms with Gasteiger partial charge in [-0.2, -0.15) is 0 Å². The van der Waals surface area contributed by atoms with E-state index in [9.17, 15) is 0 Å². The summed E-state index contributed by atoms with van der Waals surface area (Å²) in [6.07, 6.45) is 1.74. The van der Waals surface area contributed by atoms with Gasteiger partial charge in [0.1, 0.15) is 10.4 Å². The fourth-order valence-electron chi connectivity index (χ4n) is 1.42. The van der Waals surface area contributed by atoms with Gasteiger partial charge < -0.3 is 4.74 Å². The summed E-state index contributed by atoms with van der Waals surface area (Å²) >= 11 is 3.42. The number of rotatable bonds is 3. The van der Waals surface area contributed by atoms with E-state index in [1.807, 2.05) is 35.8 Å². The second-order valence-electron chi connectivity index (χ2n) is 3.52. The molecule has 0 atom stereocenters. The van der Waals surface area contributed by atoms with E-state index >= 15 is 0 Å². The van der Waals surface area contributed by atoms with Crippen LogP contribution in [0.3, 0.4) is 0 Å². The molecule has 0 N–H and O–H groups in total. The summed E-state index contributed by atoms with van der Waals surface area (Å²) in [4.78, 5) is 4.20. The van der Waals surface area contributed by atoms with Crippen molar-refractivity contribution in [2.24, 2.45) is 0 Å². The number of halogens is 1. The molecule has 2 rings (SSSR count). The maximum absolute atomic E-state index is 5.70. The Morgan fingerprint density at radius 3 is 2.62 bits per heavy atom. The van der Waals surface area contributed by atoms with Crippen LogP contribution in [0.2, 0.25) is 0 Å². The van der Waals surface area contributed by atoms with Gasteiger partial charge in [0.05, 0.1) is 6.20 Å². The molecule has 0 amide bonds. The van der Waals surface area contributed by atoms with Crippen LogP contribution in [0, 0.1) is 6.92 Å². The number of ether oxygens (including phenoxy) is 1. The van der Waals surface area contributed by atoms with Gasteiger partial charge in [0.15, 0.2) is 0 Å². The highest BCUT2D eigenvalue weighted by molar-refractivity contribution is 9.10. The van der Waals surface area contributed by atoms with Gasteiger partial charge in [-0.1, -0.05) is 17.7 Å². The van der Waals surface area contributed by atoms with Crippen molar-refractivity contribution in [1.29, 1.82) is 0 Å². The fourth-order valence-corrected chi connectivity index (χ4v) is 1.92. The van der Waals surface area contributed by atoms with Gasteiger partial charge in [-0.05, 0) is 41.9 Å². The molecule has 2 aromatic rings. The quantitative estimate of drug-likeness (QED) is 0.856. The average Bonchev–Trinajstić information content (AvgIpc) is 2.63. The molecule has 3 nitrogen and oxygen atoms in total. The lowest BCUT2D eigenvalue weighted by Gasteiger charge is -2.07. The lowest BCUT2D eigenvalue weighted by atomic mass is 10.2. The Kier molecular flexibility index (Phi) is 3.29. The van der Waals surface area contributed by atoms with Gasteiger partial charge in [0, 0.05) is 6.54 Å². The van der Waals surface area contributed by atoms with E-state index in [4.69, 9.17) is 4.74 Å². The zero-order valence-corrected chi connectivity index (χ0v) is 10.9. The molecule has 0 saturated carbocycles. The maximum Gasteiger partial charge on any atom is 0.302 e. The van der Waals surface area contributed by atoms with Gasteiger partial charge in [-0.15, -0.1) is 0 Å². The van der Waals surface area contributed by atoms with E-state index in [1.165, 1.54) is 5.56 Å². The summed E-state index contributed by atoms with van der Waals surface area (Å²) in [5.41, 5.74) is 1.22. The van der Waals surface area contributed by atoms with Crippen LogP contribution in [0.15, 0.2) is 35.1 Å². The van der Waals surface area contributed by atoms with E-state index in [0.29, 0.717) is 6.01 Å². The predicted molar refractivity (Wildman–Crippen MR) is 66.9 cm³/mol. The molecule has 0 saturated heterocycles. The maximum atomic E-state index is 5.70. The van der Waals surface area contributed by atoms with Crippen molar-refractivity contribution in [2.45, 2.75) is 20.4 Å². The molecule has 4 heteroatoms. The smallest absolute Gasteiger partial charge is 0.302 e. The number of hydrogen-bond donors (Lipinski definition) is 0. The molecule has 1 aromatic heterocycles. The SMILES string of the molecule is CCn1c(Br)cnc1Oc1ccc(C)cc1. The van der Waals surface area contributed by atoms with Crippen LogP contribution >= 0.6 is 15.9 Å². The summed E-state index contributed by atoms with van der Waals surface area (Å²) in [6.45, 7) is 4.92. The van der Waals surface area contributed by atoms with Crippen LogP contribution in [-0.2, 0) is 6.54 Å². The van der Waals surface area contributed by atoms with E-state index < -0.39 is 0 Å². The van der Waals surface area contributed by atoms with E-state index in [2.05, 4.69) is 27.8 Å². The van der Waals surface area contributed by atoms with Crippen LogP contribution in [0.4, 0.5) is 0 Å². The van der Waals surface area contributed by atoms with Gasteiger partial charge in [-0.25, -0.2) is 4.98 Å². The Morgan fingerprint density at radius 1 is 1.31 bits per heavy atom. The molecular weight excluding hydrogens is 268 g/mol. The van der Waals surface area contributed by atoms with Gasteiger partial charge in [0.25, 0.3) is 0 Å². The Morgan fingerprint density at radius 2 is 2.00 bits per heavy atom. The Bertz CT molecular complexity index is 476. The van der Waals surface area contributed by atoms with Crippen molar-refractivity contribution in [2.75, 3.05) is 0 Å². The highest BCUT2D eigenvalue weighted by Gasteiger charge is 2.08. The largest absolute Gasteiger partial charge is 0.426 e. The van der Waals surface area contributed by atoms with Crippen molar-refractivity contribution in [3.63, 3.8) is 0 Å². The second kappa shape index (κ2) is 4.70. The van der Waals surface area contributed by atoms with E-state index in [1.54, 1.807) is 6.20 Å². The third-order valence-corrected chi connectivity index (χ3v) is 2.95. The van der Waals surface area contributed by atoms with Gasteiger partial charge in [0.2, 0.25) is 0 Å². The number of aryl methyl sites for hydroxylation is 1. The third kappa shape index (κ3) is 2.27. The highest BCUT2D eigenvalue weighted by Crippen LogP contribution is 2.24. The molecule has 0 aliphatic heterocycles. The molecule has 0 unspecified atom stereocenters. The summed E-state index contributed by atoms with van der Waals surface area (Å²) in [7, 11) is 0. The molecule has 0 radical (unpaired) electrons. The first-order valence-corrected chi connectivity index (χ1v) is 5.95. The number of benzene rings is 1. The van der Waals surface area contributed by atoms with Gasteiger partial charge >= 0.3 is 6.01 Å². The molecule has 16 heavy (non-hydrogen) atoms. The molecular formula is C12H13BrN2O. The normalized spacial score (nSPS) is 10.4. The molecule has 84 valence electrons. The first kappa shape index (κ1) is 11.2. The number of aromatic nitrogens is 2. The predicted octanol–water partition coefficient (Wildman–Crippen LogP) is 3.77. The standard InChI is InChI=1S/C12H13BrN2O/c1-3-15-11(13)8-14-12(15)16-10-6-4-9(2)5-7-10/h4-8H,3H2,1-2H3. The zero-order chi connectivity index (χ0) is 11.5. The molecule has 0 aliphatic carbocycles. The average molecular weight is 281 g/mol. The number of nitrogens with zero attached hydrogens (tertiary/aromatic N) is 2. The first-order valence-electron chi connectivity index (χ1n) is 5.16. The van der Waals surface area contributed by atoms with Crippen molar-refractivity contribution < 1.29 is 4.74 Å². The summed E-state index contributed by atoms with van der Waals surface area (Å²) in [5, 5.41) is 0. The first-order chi connectivity index (χ1) is 7.70. The third-order valence-electron chi connectivity index (χ3n) is 2.32. The van der Waals surface area contributed by atoms with Crippen LogP contribution in [0.25, 0.3) is 0 Å². The molecule has 1 aromatic carbocycles. The van der Waals surface area contributed by atoms with Crippen LogP contribution in [-0.4, -0.2) is 9.55 Å². The Hall–Kier alpha value is -1.29. The monoisotopic (exact) mass is 280 g/mol. The molecule has 0 bridgehead atoms. The molecule has 0 spiro atoms. The minimum Gasteiger partial charge on any atom is -0.426 e. The summed E-state index contributed by atoms with van der Waals surface area (Å²) in [5.74, 6) is 0.804. The van der Waals surface area contributed by atoms with E-state index in [-0.39, 0.29) is 0 Å². The van der Waals surface area contributed by atoms with Crippen molar-refractivity contribution >= 4 is 15.9 Å². The Labute approximate surface area is 103 Å². The van der Waals surface area contributed by atoms with Crippen LogP contribution < -0.4 is 4.74 Å². The molecule has 0 fully saturated rings.